The maximum Gasteiger partial charge on any atom is 0.293 e. The third-order valence-electron chi connectivity index (χ3n) is 3.48. The number of furan rings is 1. The van der Waals surface area contributed by atoms with Crippen LogP contribution in [0.1, 0.15) is 10.6 Å². The molecule has 0 unspecified atom stereocenters. The molecule has 118 valence electrons. The highest BCUT2D eigenvalue weighted by molar-refractivity contribution is 7.22. The Bertz CT molecular complexity index is 1010. The van der Waals surface area contributed by atoms with Gasteiger partial charge in [0.25, 0.3) is 5.91 Å². The average molecular weight is 355 g/mol. The highest BCUT2D eigenvalue weighted by Crippen LogP contribution is 2.30. The fraction of sp³-hybridized carbons (Fsp3) is 0. The van der Waals surface area contributed by atoms with Gasteiger partial charge in [0.15, 0.2) is 10.9 Å². The van der Waals surface area contributed by atoms with Gasteiger partial charge in [-0.1, -0.05) is 47.2 Å². The maximum absolute atomic E-state index is 12.3. The monoisotopic (exact) mass is 354 g/mol. The number of halogens is 1. The third-order valence-corrected chi connectivity index (χ3v) is 4.76. The first-order valence-electron chi connectivity index (χ1n) is 7.22. The fourth-order valence-electron chi connectivity index (χ4n) is 2.35. The van der Waals surface area contributed by atoms with Crippen LogP contribution in [0, 0.1) is 0 Å². The van der Waals surface area contributed by atoms with E-state index >= 15 is 0 Å². The number of carbonyl (C=O) groups excluding carboxylic acids is 1. The Kier molecular flexibility index (Phi) is 3.80. The van der Waals surface area contributed by atoms with E-state index in [-0.39, 0.29) is 11.7 Å². The molecule has 6 heteroatoms. The Balaban J connectivity index is 1.58. The highest BCUT2D eigenvalue weighted by atomic mass is 35.5. The van der Waals surface area contributed by atoms with Crippen LogP contribution in [0.4, 0.5) is 5.13 Å². The predicted octanol–water partition coefficient (Wildman–Crippen LogP) is 5.46. The molecule has 2 aromatic heterocycles. The summed E-state index contributed by atoms with van der Waals surface area (Å²) in [6.45, 7) is 0. The van der Waals surface area contributed by atoms with Crippen molar-refractivity contribution in [2.45, 2.75) is 0 Å². The summed E-state index contributed by atoms with van der Waals surface area (Å²) < 4.78 is 6.66. The number of amides is 1. The normalized spacial score (nSPS) is 10.9. The second-order valence-corrected chi connectivity index (χ2v) is 6.52. The second kappa shape index (κ2) is 6.11. The largest absolute Gasteiger partial charge is 0.451 e. The third kappa shape index (κ3) is 2.79. The van der Waals surface area contributed by atoms with Crippen molar-refractivity contribution in [3.8, 4) is 11.3 Å². The quantitative estimate of drug-likeness (QED) is 0.531. The molecule has 1 amide bonds. The molecule has 2 heterocycles. The number of hydrogen-bond acceptors (Lipinski definition) is 4. The number of rotatable bonds is 3. The van der Waals surface area contributed by atoms with E-state index in [0.29, 0.717) is 15.9 Å². The maximum atomic E-state index is 12.3. The van der Waals surface area contributed by atoms with Gasteiger partial charge < -0.3 is 4.42 Å². The molecule has 0 aliphatic rings. The molecule has 0 aliphatic carbocycles. The number of nitrogens with one attached hydrogen (secondary N) is 1. The minimum Gasteiger partial charge on any atom is -0.451 e. The molecular formula is C18H11ClN2O2S. The minimum atomic E-state index is -0.340. The molecule has 0 bridgehead atoms. The van der Waals surface area contributed by atoms with Crippen molar-refractivity contribution < 1.29 is 9.21 Å². The number of carbonyl (C=O) groups is 1. The topological polar surface area (TPSA) is 55.1 Å². The van der Waals surface area contributed by atoms with Gasteiger partial charge >= 0.3 is 0 Å². The van der Waals surface area contributed by atoms with E-state index in [1.165, 1.54) is 11.3 Å². The van der Waals surface area contributed by atoms with Gasteiger partial charge in [-0.15, -0.1) is 0 Å². The van der Waals surface area contributed by atoms with Gasteiger partial charge in [-0.2, -0.15) is 0 Å². The van der Waals surface area contributed by atoms with E-state index < -0.39 is 0 Å². The van der Waals surface area contributed by atoms with Gasteiger partial charge in [0.1, 0.15) is 5.76 Å². The molecule has 0 atom stereocenters. The van der Waals surface area contributed by atoms with Crippen LogP contribution in [0.2, 0.25) is 5.02 Å². The zero-order valence-corrected chi connectivity index (χ0v) is 13.9. The van der Waals surface area contributed by atoms with Crippen LogP contribution in [-0.2, 0) is 0 Å². The summed E-state index contributed by atoms with van der Waals surface area (Å²) in [7, 11) is 0. The molecule has 0 saturated carbocycles. The van der Waals surface area contributed by atoms with Crippen LogP contribution in [0.3, 0.4) is 0 Å². The standard InChI is InChI=1S/C18H11ClN2O2S/c19-12-6-2-1-5-11(12)14-9-10-15(23-14)17(22)21-18-20-13-7-3-4-8-16(13)24-18/h1-10H,(H,20,21,22). The zero-order valence-electron chi connectivity index (χ0n) is 12.3. The molecule has 0 aliphatic heterocycles. The molecule has 1 N–H and O–H groups in total. The molecule has 0 saturated heterocycles. The van der Waals surface area contributed by atoms with Crippen molar-refractivity contribution in [1.29, 1.82) is 0 Å². The first kappa shape index (κ1) is 14.9. The second-order valence-electron chi connectivity index (χ2n) is 5.08. The van der Waals surface area contributed by atoms with Gasteiger partial charge in [0, 0.05) is 5.56 Å². The molecule has 4 rings (SSSR count). The number of para-hydroxylation sites is 1. The van der Waals surface area contributed by atoms with Crippen LogP contribution in [-0.4, -0.2) is 10.9 Å². The van der Waals surface area contributed by atoms with Crippen molar-refractivity contribution in [1.82, 2.24) is 4.98 Å². The molecule has 0 fully saturated rings. The summed E-state index contributed by atoms with van der Waals surface area (Å²) in [6.07, 6.45) is 0. The fourth-order valence-corrected chi connectivity index (χ4v) is 3.44. The van der Waals surface area contributed by atoms with Crippen LogP contribution < -0.4 is 5.32 Å². The lowest BCUT2D eigenvalue weighted by Gasteiger charge is -2.00. The van der Waals surface area contributed by atoms with E-state index in [2.05, 4.69) is 10.3 Å². The zero-order chi connectivity index (χ0) is 16.5. The first-order chi connectivity index (χ1) is 11.7. The number of nitrogens with zero attached hydrogens (tertiary/aromatic N) is 1. The number of benzene rings is 2. The van der Waals surface area contributed by atoms with Crippen LogP contribution in [0.25, 0.3) is 21.5 Å². The predicted molar refractivity (Wildman–Crippen MR) is 96.7 cm³/mol. The lowest BCUT2D eigenvalue weighted by molar-refractivity contribution is 0.0997. The Morgan fingerprint density at radius 1 is 1.04 bits per heavy atom. The molecular weight excluding hydrogens is 344 g/mol. The van der Waals surface area contributed by atoms with Gasteiger partial charge in [0.05, 0.1) is 15.2 Å². The van der Waals surface area contributed by atoms with Crippen molar-refractivity contribution in [3.63, 3.8) is 0 Å². The molecule has 4 nitrogen and oxygen atoms in total. The van der Waals surface area contributed by atoms with Gasteiger partial charge in [-0.25, -0.2) is 4.98 Å². The van der Waals surface area contributed by atoms with E-state index in [1.54, 1.807) is 18.2 Å². The molecule has 0 radical (unpaired) electrons. The van der Waals surface area contributed by atoms with Crippen molar-refractivity contribution in [3.05, 3.63) is 71.4 Å². The summed E-state index contributed by atoms with van der Waals surface area (Å²) in [4.78, 5) is 16.7. The number of anilines is 1. The van der Waals surface area contributed by atoms with Crippen LogP contribution >= 0.6 is 22.9 Å². The van der Waals surface area contributed by atoms with Gasteiger partial charge in [-0.3, -0.25) is 10.1 Å². The van der Waals surface area contributed by atoms with E-state index in [4.69, 9.17) is 16.0 Å². The Hall–Kier alpha value is -2.63. The molecule has 2 aromatic carbocycles. The lowest BCUT2D eigenvalue weighted by Crippen LogP contribution is -2.10. The molecule has 0 spiro atoms. The van der Waals surface area contributed by atoms with E-state index in [1.807, 2.05) is 42.5 Å². The highest BCUT2D eigenvalue weighted by Gasteiger charge is 2.15. The Morgan fingerprint density at radius 2 is 1.83 bits per heavy atom. The summed E-state index contributed by atoms with van der Waals surface area (Å²) >= 11 is 7.57. The van der Waals surface area contributed by atoms with Crippen LogP contribution in [0.5, 0.6) is 0 Å². The smallest absolute Gasteiger partial charge is 0.293 e. The Labute approximate surface area is 146 Å². The van der Waals surface area contributed by atoms with E-state index in [9.17, 15) is 4.79 Å². The first-order valence-corrected chi connectivity index (χ1v) is 8.42. The number of thiazole rings is 1. The minimum absolute atomic E-state index is 0.212. The average Bonchev–Trinajstić information content (AvgIpc) is 3.21. The summed E-state index contributed by atoms with van der Waals surface area (Å²) in [5.41, 5.74) is 1.60. The molecule has 24 heavy (non-hydrogen) atoms. The number of hydrogen-bond donors (Lipinski definition) is 1. The molecule has 4 aromatic rings. The summed E-state index contributed by atoms with van der Waals surface area (Å²) in [6, 6.07) is 18.4. The van der Waals surface area contributed by atoms with Crippen molar-refractivity contribution >= 4 is 44.2 Å². The van der Waals surface area contributed by atoms with Gasteiger partial charge in [0.2, 0.25) is 0 Å². The van der Waals surface area contributed by atoms with Crippen molar-refractivity contribution in [2.75, 3.05) is 5.32 Å². The Morgan fingerprint density at radius 3 is 2.67 bits per heavy atom. The van der Waals surface area contributed by atoms with Gasteiger partial charge in [-0.05, 0) is 36.4 Å². The van der Waals surface area contributed by atoms with Crippen LogP contribution in [0.15, 0.2) is 65.1 Å². The summed E-state index contributed by atoms with van der Waals surface area (Å²) in [5.74, 6) is 0.423. The summed E-state index contributed by atoms with van der Waals surface area (Å²) in [5, 5.41) is 3.88. The van der Waals surface area contributed by atoms with Crippen molar-refractivity contribution in [2.24, 2.45) is 0 Å². The lowest BCUT2D eigenvalue weighted by atomic mass is 10.2. The number of aromatic nitrogens is 1. The SMILES string of the molecule is O=C(Nc1nc2ccccc2s1)c1ccc(-c2ccccc2Cl)o1. The van der Waals surface area contributed by atoms with E-state index in [0.717, 1.165) is 15.8 Å². The number of fused-ring (bicyclic) bond motifs is 1.